The van der Waals surface area contributed by atoms with E-state index in [9.17, 15) is 4.79 Å². The Morgan fingerprint density at radius 2 is 2.00 bits per heavy atom. The summed E-state index contributed by atoms with van der Waals surface area (Å²) in [6.07, 6.45) is 0. The van der Waals surface area contributed by atoms with Crippen LogP contribution in [0.25, 0.3) is 0 Å². The first kappa shape index (κ1) is 10.8. The normalized spacial score (nSPS) is 9.64. The van der Waals surface area contributed by atoms with E-state index in [2.05, 4.69) is 6.58 Å². The van der Waals surface area contributed by atoms with Crippen LogP contribution in [-0.2, 0) is 4.79 Å². The molecule has 0 saturated carbocycles. The van der Waals surface area contributed by atoms with Crippen molar-refractivity contribution in [2.24, 2.45) is 0 Å². The van der Waals surface area contributed by atoms with Gasteiger partial charge < -0.3 is 4.90 Å². The van der Waals surface area contributed by atoms with Crippen LogP contribution in [0.5, 0.6) is 0 Å². The lowest BCUT2D eigenvalue weighted by Gasteiger charge is -2.18. The van der Waals surface area contributed by atoms with Crippen molar-refractivity contribution in [3.63, 3.8) is 0 Å². The Bertz CT molecular complexity index is 373. The summed E-state index contributed by atoms with van der Waals surface area (Å²) in [4.78, 5) is 13.0. The van der Waals surface area contributed by atoms with Gasteiger partial charge in [0, 0.05) is 12.7 Å². The molecule has 0 N–H and O–H groups in total. The van der Waals surface area contributed by atoms with Crippen molar-refractivity contribution in [1.29, 1.82) is 0 Å². The second-order valence-corrected chi connectivity index (χ2v) is 3.51. The van der Waals surface area contributed by atoms with Gasteiger partial charge in [-0.3, -0.25) is 4.79 Å². The molecule has 0 aliphatic carbocycles. The van der Waals surface area contributed by atoms with E-state index < -0.39 is 0 Å². The minimum absolute atomic E-state index is 0.0238. The van der Waals surface area contributed by atoms with Crippen LogP contribution in [0.1, 0.15) is 5.56 Å². The number of carbonyl (C=O) groups is 1. The molecule has 0 aromatic heterocycles. The summed E-state index contributed by atoms with van der Waals surface area (Å²) >= 11 is 5.54. The minimum Gasteiger partial charge on any atom is -0.310 e. The summed E-state index contributed by atoms with van der Waals surface area (Å²) in [5.41, 5.74) is 1.88. The molecule has 74 valence electrons. The Balaban J connectivity index is 3.01. The predicted octanol–water partition coefficient (Wildman–Crippen LogP) is 2.71. The second kappa shape index (κ2) is 4.29. The highest BCUT2D eigenvalue weighted by Gasteiger charge is 2.13. The topological polar surface area (TPSA) is 20.3 Å². The van der Waals surface area contributed by atoms with Gasteiger partial charge in [-0.1, -0.05) is 36.4 Å². The third-order valence-corrected chi connectivity index (χ3v) is 2.18. The van der Waals surface area contributed by atoms with Gasteiger partial charge in [-0.2, -0.15) is 0 Å². The zero-order chi connectivity index (χ0) is 10.7. The Kier molecular flexibility index (Phi) is 3.31. The molecule has 0 radical (unpaired) electrons. The van der Waals surface area contributed by atoms with E-state index in [0.717, 1.165) is 11.3 Å². The lowest BCUT2D eigenvalue weighted by atomic mass is 10.2. The van der Waals surface area contributed by atoms with E-state index in [4.69, 9.17) is 11.6 Å². The highest BCUT2D eigenvalue weighted by molar-refractivity contribution is 6.43. The van der Waals surface area contributed by atoms with Crippen molar-refractivity contribution in [3.05, 3.63) is 41.4 Å². The fraction of sp³-hybridized carbons (Fsp3) is 0.182. The maximum Gasteiger partial charge on any atom is 0.268 e. The molecule has 0 aliphatic rings. The lowest BCUT2D eigenvalue weighted by molar-refractivity contribution is -0.114. The molecule has 0 bridgehead atoms. The fourth-order valence-corrected chi connectivity index (χ4v) is 1.36. The van der Waals surface area contributed by atoms with Crippen LogP contribution < -0.4 is 4.90 Å². The molecule has 0 heterocycles. The van der Waals surface area contributed by atoms with E-state index in [0.29, 0.717) is 0 Å². The molecule has 0 atom stereocenters. The maximum absolute atomic E-state index is 11.5. The van der Waals surface area contributed by atoms with Crippen LogP contribution in [0.2, 0.25) is 0 Å². The number of benzene rings is 1. The second-order valence-electron chi connectivity index (χ2n) is 3.06. The first-order valence-corrected chi connectivity index (χ1v) is 4.60. The number of nitrogens with zero attached hydrogens (tertiary/aromatic N) is 1. The number of hydrogen-bond donors (Lipinski definition) is 0. The van der Waals surface area contributed by atoms with Crippen LogP contribution in [0.15, 0.2) is 35.9 Å². The van der Waals surface area contributed by atoms with Crippen molar-refractivity contribution in [3.8, 4) is 0 Å². The number of hydrogen-bond acceptors (Lipinski definition) is 1. The van der Waals surface area contributed by atoms with Crippen molar-refractivity contribution in [1.82, 2.24) is 0 Å². The number of amides is 1. The number of halogens is 1. The highest BCUT2D eigenvalue weighted by Crippen LogP contribution is 2.19. The predicted molar refractivity (Wildman–Crippen MR) is 59.6 cm³/mol. The number of rotatable bonds is 2. The average molecular weight is 210 g/mol. The van der Waals surface area contributed by atoms with Gasteiger partial charge in [-0.05, 0) is 18.6 Å². The van der Waals surface area contributed by atoms with Gasteiger partial charge in [-0.25, -0.2) is 0 Å². The van der Waals surface area contributed by atoms with Gasteiger partial charge in [0.05, 0.1) is 5.03 Å². The third kappa shape index (κ3) is 2.15. The van der Waals surface area contributed by atoms with Crippen molar-refractivity contribution in [2.75, 3.05) is 11.9 Å². The zero-order valence-electron chi connectivity index (χ0n) is 8.25. The number of aryl methyl sites for hydroxylation is 1. The number of carbonyl (C=O) groups excluding carboxylic acids is 1. The molecular weight excluding hydrogens is 198 g/mol. The van der Waals surface area contributed by atoms with Gasteiger partial charge >= 0.3 is 0 Å². The Morgan fingerprint density at radius 3 is 2.50 bits per heavy atom. The summed E-state index contributed by atoms with van der Waals surface area (Å²) in [5.74, 6) is -0.277. The largest absolute Gasteiger partial charge is 0.310 e. The van der Waals surface area contributed by atoms with Crippen LogP contribution >= 0.6 is 11.6 Å². The van der Waals surface area contributed by atoms with Crippen molar-refractivity contribution >= 4 is 23.2 Å². The molecule has 0 aliphatic heterocycles. The van der Waals surface area contributed by atoms with Gasteiger partial charge in [-0.15, -0.1) is 0 Å². The molecule has 14 heavy (non-hydrogen) atoms. The molecule has 0 fully saturated rings. The smallest absolute Gasteiger partial charge is 0.268 e. The monoisotopic (exact) mass is 209 g/mol. The zero-order valence-corrected chi connectivity index (χ0v) is 9.01. The Hall–Kier alpha value is -1.28. The van der Waals surface area contributed by atoms with Crippen molar-refractivity contribution in [2.45, 2.75) is 6.92 Å². The van der Waals surface area contributed by atoms with E-state index in [-0.39, 0.29) is 10.9 Å². The Morgan fingerprint density at radius 1 is 1.43 bits per heavy atom. The van der Waals surface area contributed by atoms with E-state index in [1.54, 1.807) is 7.05 Å². The van der Waals surface area contributed by atoms with Crippen LogP contribution in [0, 0.1) is 6.92 Å². The SMILES string of the molecule is C=C(Cl)C(=O)N(C)c1ccccc1C. The van der Waals surface area contributed by atoms with Crippen LogP contribution in [0.3, 0.4) is 0 Å². The molecule has 1 aromatic rings. The minimum atomic E-state index is -0.277. The molecular formula is C11H12ClNO. The third-order valence-electron chi connectivity index (χ3n) is 2.01. The molecule has 1 aromatic carbocycles. The molecule has 0 unspecified atom stereocenters. The average Bonchev–Trinajstić information content (AvgIpc) is 2.16. The van der Waals surface area contributed by atoms with E-state index in [1.807, 2.05) is 31.2 Å². The summed E-state index contributed by atoms with van der Waals surface area (Å²) in [7, 11) is 1.68. The number of para-hydroxylation sites is 1. The fourth-order valence-electron chi connectivity index (χ4n) is 1.23. The first-order valence-electron chi connectivity index (χ1n) is 4.22. The molecule has 0 spiro atoms. The van der Waals surface area contributed by atoms with Gasteiger partial charge in [0.1, 0.15) is 0 Å². The first-order chi connectivity index (χ1) is 6.54. The number of anilines is 1. The lowest BCUT2D eigenvalue weighted by Crippen LogP contribution is -2.26. The molecule has 2 nitrogen and oxygen atoms in total. The van der Waals surface area contributed by atoms with Crippen molar-refractivity contribution < 1.29 is 4.79 Å². The molecule has 1 amide bonds. The van der Waals surface area contributed by atoms with Crippen LogP contribution in [0.4, 0.5) is 5.69 Å². The summed E-state index contributed by atoms with van der Waals surface area (Å²) in [6, 6.07) is 7.61. The number of likely N-dealkylation sites (N-methyl/N-ethyl adjacent to an activating group) is 1. The Labute approximate surface area is 88.8 Å². The molecule has 1 rings (SSSR count). The standard InChI is InChI=1S/C11H12ClNO/c1-8-6-4-5-7-10(8)13(3)11(14)9(2)12/h4-7H,2H2,1,3H3. The molecule has 3 heteroatoms. The van der Waals surface area contributed by atoms with E-state index >= 15 is 0 Å². The summed E-state index contributed by atoms with van der Waals surface area (Å²) in [6.45, 7) is 5.35. The van der Waals surface area contributed by atoms with E-state index in [1.165, 1.54) is 4.90 Å². The van der Waals surface area contributed by atoms with Crippen LogP contribution in [-0.4, -0.2) is 13.0 Å². The van der Waals surface area contributed by atoms with Gasteiger partial charge in [0.15, 0.2) is 0 Å². The molecule has 0 saturated heterocycles. The maximum atomic E-state index is 11.5. The summed E-state index contributed by atoms with van der Waals surface area (Å²) in [5, 5.41) is 0.0238. The quantitative estimate of drug-likeness (QED) is 0.686. The highest BCUT2D eigenvalue weighted by atomic mass is 35.5. The van der Waals surface area contributed by atoms with Gasteiger partial charge in [0.2, 0.25) is 0 Å². The summed E-state index contributed by atoms with van der Waals surface area (Å²) < 4.78 is 0. The van der Waals surface area contributed by atoms with Gasteiger partial charge in [0.25, 0.3) is 5.91 Å².